The van der Waals surface area contributed by atoms with Crippen LogP contribution >= 0.6 is 11.3 Å². The quantitative estimate of drug-likeness (QED) is 0.811. The lowest BCUT2D eigenvalue weighted by Gasteiger charge is -2.02. The lowest BCUT2D eigenvalue weighted by molar-refractivity contribution is 0.112. The second-order valence-corrected chi connectivity index (χ2v) is 4.68. The van der Waals surface area contributed by atoms with Gasteiger partial charge in [-0.1, -0.05) is 18.2 Å². The zero-order valence-electron chi connectivity index (χ0n) is 9.10. The number of benzene rings is 1. The van der Waals surface area contributed by atoms with Crippen LogP contribution in [0, 0.1) is 0 Å². The monoisotopic (exact) mass is 248 g/mol. The summed E-state index contributed by atoms with van der Waals surface area (Å²) in [6, 6.07) is 7.31. The summed E-state index contributed by atoms with van der Waals surface area (Å²) < 4.78 is 1.09. The Balaban J connectivity index is 2.30. The van der Waals surface area contributed by atoms with E-state index in [2.05, 4.69) is 5.32 Å². The van der Waals surface area contributed by atoms with E-state index in [1.54, 1.807) is 0 Å². The van der Waals surface area contributed by atoms with Crippen LogP contribution < -0.4 is 11.1 Å². The number of carbonyl (C=O) groups excluding carboxylic acids is 2. The lowest BCUT2D eigenvalue weighted by Crippen LogP contribution is -2.31. The average molecular weight is 248 g/mol. The van der Waals surface area contributed by atoms with Gasteiger partial charge in [-0.15, -0.1) is 11.3 Å². The first-order valence-corrected chi connectivity index (χ1v) is 6.03. The number of nitrogens with one attached hydrogen (secondary N) is 1. The van der Waals surface area contributed by atoms with Crippen LogP contribution in [-0.2, 0) is 6.42 Å². The van der Waals surface area contributed by atoms with Crippen molar-refractivity contribution in [3.8, 4) is 0 Å². The number of carbonyl (C=O) groups is 2. The van der Waals surface area contributed by atoms with Crippen molar-refractivity contribution in [2.24, 2.45) is 5.73 Å². The highest BCUT2D eigenvalue weighted by atomic mass is 32.1. The molecule has 1 aromatic carbocycles. The Labute approximate surface area is 102 Å². The third-order valence-electron chi connectivity index (χ3n) is 2.51. The summed E-state index contributed by atoms with van der Waals surface area (Å²) in [5, 5.41) is 3.60. The van der Waals surface area contributed by atoms with Crippen molar-refractivity contribution >= 4 is 33.7 Å². The van der Waals surface area contributed by atoms with Crippen LogP contribution in [0.4, 0.5) is 4.79 Å². The molecular weight excluding hydrogens is 236 g/mol. The molecule has 1 aromatic heterocycles. The molecule has 2 amide bonds. The van der Waals surface area contributed by atoms with E-state index in [1.165, 1.54) is 11.3 Å². The smallest absolute Gasteiger partial charge is 0.312 e. The van der Waals surface area contributed by atoms with Gasteiger partial charge in [0.2, 0.25) is 0 Å². The van der Waals surface area contributed by atoms with Crippen LogP contribution in [-0.4, -0.2) is 18.9 Å². The molecule has 0 atom stereocenters. The topological polar surface area (TPSA) is 72.2 Å². The van der Waals surface area contributed by atoms with Gasteiger partial charge in [-0.05, 0) is 23.4 Å². The minimum absolute atomic E-state index is 0.441. The van der Waals surface area contributed by atoms with Gasteiger partial charge in [-0.25, -0.2) is 4.79 Å². The Morgan fingerprint density at radius 3 is 2.88 bits per heavy atom. The highest BCUT2D eigenvalue weighted by molar-refractivity contribution is 7.20. The van der Waals surface area contributed by atoms with Crippen LogP contribution in [0.5, 0.6) is 0 Å². The number of urea groups is 1. The van der Waals surface area contributed by atoms with Gasteiger partial charge in [0.05, 0.1) is 4.88 Å². The molecule has 1 heterocycles. The van der Waals surface area contributed by atoms with E-state index >= 15 is 0 Å². The number of nitrogens with two attached hydrogens (primary N) is 1. The molecule has 5 heteroatoms. The first-order chi connectivity index (χ1) is 8.22. The minimum atomic E-state index is -0.544. The Morgan fingerprint density at radius 2 is 2.18 bits per heavy atom. The van der Waals surface area contributed by atoms with Crippen molar-refractivity contribution in [3.63, 3.8) is 0 Å². The number of hydrogen-bond acceptors (Lipinski definition) is 3. The zero-order chi connectivity index (χ0) is 12.3. The third-order valence-corrected chi connectivity index (χ3v) is 3.65. The molecule has 0 unspecified atom stereocenters. The van der Waals surface area contributed by atoms with Gasteiger partial charge in [-0.2, -0.15) is 0 Å². The summed E-state index contributed by atoms with van der Waals surface area (Å²) in [7, 11) is 0. The molecule has 0 aliphatic rings. The van der Waals surface area contributed by atoms with Gasteiger partial charge in [0.15, 0.2) is 6.29 Å². The van der Waals surface area contributed by atoms with E-state index in [0.29, 0.717) is 13.0 Å². The number of fused-ring (bicyclic) bond motifs is 1. The maximum Gasteiger partial charge on any atom is 0.312 e. The standard InChI is InChI=1S/C12H12N2O2S/c13-12(16)14-6-5-9-8-3-1-2-4-10(8)17-11(9)7-15/h1-4,7H,5-6H2,(H3,13,14,16). The fraction of sp³-hybridized carbons (Fsp3) is 0.167. The maximum absolute atomic E-state index is 11.0. The fourth-order valence-electron chi connectivity index (χ4n) is 1.78. The Kier molecular flexibility index (Phi) is 3.39. The summed E-state index contributed by atoms with van der Waals surface area (Å²) >= 11 is 1.47. The molecule has 0 spiro atoms. The van der Waals surface area contributed by atoms with E-state index in [9.17, 15) is 9.59 Å². The second kappa shape index (κ2) is 4.97. The molecule has 0 saturated heterocycles. The Hall–Kier alpha value is -1.88. The molecule has 2 rings (SSSR count). The molecule has 4 nitrogen and oxygen atoms in total. The van der Waals surface area contributed by atoms with E-state index in [1.807, 2.05) is 24.3 Å². The van der Waals surface area contributed by atoms with Crippen molar-refractivity contribution < 1.29 is 9.59 Å². The predicted molar refractivity (Wildman–Crippen MR) is 68.5 cm³/mol. The lowest BCUT2D eigenvalue weighted by atomic mass is 10.1. The normalized spacial score (nSPS) is 10.4. The first kappa shape index (κ1) is 11.6. The summed E-state index contributed by atoms with van der Waals surface area (Å²) in [6.45, 7) is 0.441. The van der Waals surface area contributed by atoms with Gasteiger partial charge >= 0.3 is 6.03 Å². The summed E-state index contributed by atoms with van der Waals surface area (Å²) in [4.78, 5) is 22.3. The van der Waals surface area contributed by atoms with Gasteiger partial charge in [0.25, 0.3) is 0 Å². The van der Waals surface area contributed by atoms with Crippen LogP contribution in [0.3, 0.4) is 0 Å². The van der Waals surface area contributed by atoms with E-state index < -0.39 is 6.03 Å². The second-order valence-electron chi connectivity index (χ2n) is 3.60. The van der Waals surface area contributed by atoms with Gasteiger partial charge in [-0.3, -0.25) is 4.79 Å². The molecule has 0 radical (unpaired) electrons. The van der Waals surface area contributed by atoms with Crippen molar-refractivity contribution in [1.29, 1.82) is 0 Å². The molecular formula is C12H12N2O2S. The van der Waals surface area contributed by atoms with Crippen LogP contribution in [0.1, 0.15) is 15.2 Å². The van der Waals surface area contributed by atoms with Gasteiger partial charge in [0.1, 0.15) is 0 Å². The minimum Gasteiger partial charge on any atom is -0.352 e. The molecule has 0 aliphatic heterocycles. The van der Waals surface area contributed by atoms with Crippen LogP contribution in [0.25, 0.3) is 10.1 Å². The highest BCUT2D eigenvalue weighted by Gasteiger charge is 2.10. The van der Waals surface area contributed by atoms with Gasteiger partial charge < -0.3 is 11.1 Å². The van der Waals surface area contributed by atoms with E-state index in [-0.39, 0.29) is 0 Å². The van der Waals surface area contributed by atoms with E-state index in [4.69, 9.17) is 5.73 Å². The van der Waals surface area contributed by atoms with Crippen molar-refractivity contribution in [1.82, 2.24) is 5.32 Å². The van der Waals surface area contributed by atoms with Crippen molar-refractivity contribution in [3.05, 3.63) is 34.7 Å². The van der Waals surface area contributed by atoms with E-state index in [0.717, 1.165) is 26.8 Å². The molecule has 3 N–H and O–H groups in total. The number of hydrogen-bond donors (Lipinski definition) is 2. The molecule has 17 heavy (non-hydrogen) atoms. The summed E-state index contributed by atoms with van der Waals surface area (Å²) in [6.07, 6.45) is 1.48. The SMILES string of the molecule is NC(=O)NCCc1c(C=O)sc2ccccc12. The maximum atomic E-state index is 11.0. The largest absolute Gasteiger partial charge is 0.352 e. The summed E-state index contributed by atoms with van der Waals surface area (Å²) in [5.41, 5.74) is 5.98. The van der Waals surface area contributed by atoms with Crippen LogP contribution in [0.2, 0.25) is 0 Å². The summed E-state index contributed by atoms with van der Waals surface area (Å²) in [5.74, 6) is 0. The third kappa shape index (κ3) is 2.45. The number of aldehydes is 1. The zero-order valence-corrected chi connectivity index (χ0v) is 9.92. The fourth-order valence-corrected chi connectivity index (χ4v) is 2.85. The molecule has 88 valence electrons. The number of amides is 2. The molecule has 0 aliphatic carbocycles. The molecule has 0 fully saturated rings. The number of primary amides is 1. The predicted octanol–water partition coefficient (Wildman–Crippen LogP) is 1.92. The Bertz CT molecular complexity index is 563. The highest BCUT2D eigenvalue weighted by Crippen LogP contribution is 2.30. The van der Waals surface area contributed by atoms with Gasteiger partial charge in [0, 0.05) is 11.2 Å². The van der Waals surface area contributed by atoms with Crippen molar-refractivity contribution in [2.75, 3.05) is 6.54 Å². The Morgan fingerprint density at radius 1 is 1.41 bits per heavy atom. The molecule has 0 saturated carbocycles. The first-order valence-electron chi connectivity index (χ1n) is 5.21. The van der Waals surface area contributed by atoms with Crippen LogP contribution in [0.15, 0.2) is 24.3 Å². The number of thiophene rings is 1. The number of rotatable bonds is 4. The molecule has 2 aromatic rings. The van der Waals surface area contributed by atoms with Crippen molar-refractivity contribution in [2.45, 2.75) is 6.42 Å². The average Bonchev–Trinajstić information content (AvgIpc) is 2.67. The molecule has 0 bridgehead atoms.